The molecule has 1 atom stereocenters. The lowest BCUT2D eigenvalue weighted by molar-refractivity contribution is -0.144. The Kier molecular flexibility index (Phi) is 3.19. The van der Waals surface area contributed by atoms with Gasteiger partial charge in [0.05, 0.1) is 6.61 Å². The van der Waals surface area contributed by atoms with Crippen LogP contribution in [0.15, 0.2) is 12.1 Å². The average molecular weight is 237 g/mol. The van der Waals surface area contributed by atoms with E-state index in [1.165, 1.54) is 0 Å². The van der Waals surface area contributed by atoms with Gasteiger partial charge in [-0.3, -0.25) is 0 Å². The number of rotatable bonds is 3. The maximum absolute atomic E-state index is 11.6. The van der Waals surface area contributed by atoms with E-state index in [1.54, 1.807) is 13.0 Å². The van der Waals surface area contributed by atoms with Gasteiger partial charge in [-0.1, -0.05) is 0 Å². The molecule has 5 nitrogen and oxygen atoms in total. The van der Waals surface area contributed by atoms with E-state index in [0.29, 0.717) is 23.7 Å². The highest BCUT2D eigenvalue weighted by molar-refractivity contribution is 5.78. The Morgan fingerprint density at radius 2 is 2.12 bits per heavy atom. The Morgan fingerprint density at radius 1 is 1.47 bits per heavy atom. The molecule has 1 aliphatic rings. The van der Waals surface area contributed by atoms with Crippen molar-refractivity contribution in [2.75, 3.05) is 13.4 Å². The van der Waals surface area contributed by atoms with Crippen LogP contribution in [-0.4, -0.2) is 19.4 Å². The number of carbonyl (C=O) groups is 1. The van der Waals surface area contributed by atoms with Crippen LogP contribution in [0.2, 0.25) is 0 Å². The number of aryl methyl sites for hydroxylation is 1. The van der Waals surface area contributed by atoms with Crippen molar-refractivity contribution in [2.45, 2.75) is 19.9 Å². The summed E-state index contributed by atoms with van der Waals surface area (Å²) in [6.07, 6.45) is 0. The van der Waals surface area contributed by atoms with Gasteiger partial charge < -0.3 is 19.9 Å². The Morgan fingerprint density at radius 3 is 2.76 bits per heavy atom. The first-order chi connectivity index (χ1) is 8.13. The first-order valence-electron chi connectivity index (χ1n) is 5.46. The molecular formula is C12H15NO4. The van der Waals surface area contributed by atoms with Crippen LogP contribution in [0.3, 0.4) is 0 Å². The highest BCUT2D eigenvalue weighted by atomic mass is 16.7. The molecule has 17 heavy (non-hydrogen) atoms. The van der Waals surface area contributed by atoms with Crippen LogP contribution in [0.4, 0.5) is 0 Å². The van der Waals surface area contributed by atoms with Crippen LogP contribution in [0.5, 0.6) is 11.5 Å². The van der Waals surface area contributed by atoms with Crippen molar-refractivity contribution in [1.82, 2.24) is 0 Å². The van der Waals surface area contributed by atoms with Crippen molar-refractivity contribution in [3.05, 3.63) is 23.3 Å². The molecule has 1 aliphatic heterocycles. The fourth-order valence-corrected chi connectivity index (χ4v) is 1.75. The first-order valence-corrected chi connectivity index (χ1v) is 5.46. The molecule has 0 amide bonds. The van der Waals surface area contributed by atoms with Crippen molar-refractivity contribution >= 4 is 5.97 Å². The third-order valence-corrected chi connectivity index (χ3v) is 2.64. The van der Waals surface area contributed by atoms with Crippen LogP contribution in [-0.2, 0) is 9.53 Å². The summed E-state index contributed by atoms with van der Waals surface area (Å²) >= 11 is 0. The minimum atomic E-state index is -0.788. The van der Waals surface area contributed by atoms with E-state index in [0.717, 1.165) is 5.56 Å². The summed E-state index contributed by atoms with van der Waals surface area (Å²) in [5.41, 5.74) is 7.43. The summed E-state index contributed by atoms with van der Waals surface area (Å²) in [7, 11) is 0. The fourth-order valence-electron chi connectivity index (χ4n) is 1.75. The van der Waals surface area contributed by atoms with E-state index in [2.05, 4.69) is 0 Å². The van der Waals surface area contributed by atoms with Crippen LogP contribution in [0.25, 0.3) is 0 Å². The third-order valence-electron chi connectivity index (χ3n) is 2.64. The van der Waals surface area contributed by atoms with Crippen molar-refractivity contribution in [1.29, 1.82) is 0 Å². The fraction of sp³-hybridized carbons (Fsp3) is 0.417. The molecule has 0 spiro atoms. The number of hydrogen-bond donors (Lipinski definition) is 1. The average Bonchev–Trinajstić information content (AvgIpc) is 2.74. The topological polar surface area (TPSA) is 70.8 Å². The van der Waals surface area contributed by atoms with E-state index in [1.807, 2.05) is 13.0 Å². The molecule has 1 aromatic carbocycles. The highest BCUT2D eigenvalue weighted by Crippen LogP contribution is 2.36. The van der Waals surface area contributed by atoms with Gasteiger partial charge in [0.25, 0.3) is 0 Å². The molecule has 5 heteroatoms. The van der Waals surface area contributed by atoms with Crippen molar-refractivity contribution < 1.29 is 19.0 Å². The van der Waals surface area contributed by atoms with Crippen LogP contribution < -0.4 is 15.2 Å². The molecule has 1 heterocycles. The van der Waals surface area contributed by atoms with Gasteiger partial charge in [0.1, 0.15) is 6.04 Å². The second kappa shape index (κ2) is 4.63. The van der Waals surface area contributed by atoms with Crippen molar-refractivity contribution in [2.24, 2.45) is 5.73 Å². The van der Waals surface area contributed by atoms with E-state index in [-0.39, 0.29) is 6.79 Å². The Balaban J connectivity index is 2.29. The molecule has 2 rings (SSSR count). The standard InChI is InChI=1S/C12H15NO4/c1-3-15-12(14)11(13)8-5-10-9(4-7(8)2)16-6-17-10/h4-5,11H,3,6,13H2,1-2H3. The molecular weight excluding hydrogens is 222 g/mol. The summed E-state index contributed by atoms with van der Waals surface area (Å²) < 4.78 is 15.4. The van der Waals surface area contributed by atoms with Gasteiger partial charge in [-0.2, -0.15) is 0 Å². The summed E-state index contributed by atoms with van der Waals surface area (Å²) in [6.45, 7) is 4.14. The molecule has 0 aliphatic carbocycles. The third kappa shape index (κ3) is 2.19. The predicted molar refractivity (Wildman–Crippen MR) is 60.9 cm³/mol. The van der Waals surface area contributed by atoms with Gasteiger partial charge in [0, 0.05) is 0 Å². The quantitative estimate of drug-likeness (QED) is 0.802. The lowest BCUT2D eigenvalue weighted by Crippen LogP contribution is -2.24. The number of hydrogen-bond acceptors (Lipinski definition) is 5. The number of fused-ring (bicyclic) bond motifs is 1. The number of carbonyl (C=O) groups excluding carboxylic acids is 1. The van der Waals surface area contributed by atoms with Crippen LogP contribution in [0, 0.1) is 6.92 Å². The first kappa shape index (κ1) is 11.7. The zero-order chi connectivity index (χ0) is 12.4. The number of ether oxygens (including phenoxy) is 3. The van der Waals surface area contributed by atoms with Gasteiger partial charge in [-0.05, 0) is 37.1 Å². The second-order valence-corrected chi connectivity index (χ2v) is 3.79. The van der Waals surface area contributed by atoms with E-state index in [9.17, 15) is 4.79 Å². The number of esters is 1. The summed E-state index contributed by atoms with van der Waals surface area (Å²) in [6, 6.07) is 2.76. The Hall–Kier alpha value is -1.75. The molecule has 1 aromatic rings. The zero-order valence-corrected chi connectivity index (χ0v) is 9.86. The van der Waals surface area contributed by atoms with Gasteiger partial charge in [-0.15, -0.1) is 0 Å². The Bertz CT molecular complexity index is 444. The molecule has 92 valence electrons. The largest absolute Gasteiger partial charge is 0.465 e. The molecule has 0 bridgehead atoms. The van der Waals surface area contributed by atoms with Crippen molar-refractivity contribution in [3.8, 4) is 11.5 Å². The molecule has 0 fully saturated rings. The molecule has 0 radical (unpaired) electrons. The normalized spacial score (nSPS) is 14.5. The second-order valence-electron chi connectivity index (χ2n) is 3.79. The van der Waals surface area contributed by atoms with E-state index < -0.39 is 12.0 Å². The smallest absolute Gasteiger partial charge is 0.327 e. The molecule has 0 saturated carbocycles. The molecule has 0 aromatic heterocycles. The molecule has 2 N–H and O–H groups in total. The van der Waals surface area contributed by atoms with Crippen LogP contribution in [0.1, 0.15) is 24.1 Å². The lowest BCUT2D eigenvalue weighted by Gasteiger charge is -2.14. The van der Waals surface area contributed by atoms with Gasteiger partial charge >= 0.3 is 5.97 Å². The predicted octanol–water partition coefficient (Wildman–Crippen LogP) is 1.29. The van der Waals surface area contributed by atoms with Gasteiger partial charge in [0.15, 0.2) is 11.5 Å². The maximum atomic E-state index is 11.6. The zero-order valence-electron chi connectivity index (χ0n) is 9.86. The van der Waals surface area contributed by atoms with E-state index in [4.69, 9.17) is 19.9 Å². The SMILES string of the molecule is CCOC(=O)C(N)c1cc2c(cc1C)OCO2. The summed E-state index contributed by atoms with van der Waals surface area (Å²) in [5, 5.41) is 0. The number of benzene rings is 1. The maximum Gasteiger partial charge on any atom is 0.327 e. The molecule has 1 unspecified atom stereocenters. The minimum absolute atomic E-state index is 0.201. The van der Waals surface area contributed by atoms with Gasteiger partial charge in [0.2, 0.25) is 6.79 Å². The highest BCUT2D eigenvalue weighted by Gasteiger charge is 2.23. The minimum Gasteiger partial charge on any atom is -0.465 e. The monoisotopic (exact) mass is 237 g/mol. The number of nitrogens with two attached hydrogens (primary N) is 1. The van der Waals surface area contributed by atoms with Crippen molar-refractivity contribution in [3.63, 3.8) is 0 Å². The Labute approximate surface area is 99.5 Å². The summed E-state index contributed by atoms with van der Waals surface area (Å²) in [4.78, 5) is 11.6. The van der Waals surface area contributed by atoms with E-state index >= 15 is 0 Å². The van der Waals surface area contributed by atoms with Gasteiger partial charge in [-0.25, -0.2) is 4.79 Å². The van der Waals surface area contributed by atoms with Crippen LogP contribution >= 0.6 is 0 Å². The summed E-state index contributed by atoms with van der Waals surface area (Å²) in [5.74, 6) is 0.863. The molecule has 0 saturated heterocycles. The lowest BCUT2D eigenvalue weighted by atomic mass is 10.0.